The summed E-state index contributed by atoms with van der Waals surface area (Å²) in [6.07, 6.45) is 0. The van der Waals surface area contributed by atoms with Crippen LogP contribution in [0.1, 0.15) is 25.5 Å². The molecule has 0 aliphatic rings. The SMILES string of the molecule is CCOc1ccc(-c2ccc(=O)n(C(C)C(=O)Nc3ccccc3C)n2)cc1. The Labute approximate surface area is 163 Å². The van der Waals surface area contributed by atoms with E-state index in [1.54, 1.807) is 13.0 Å². The van der Waals surface area contributed by atoms with Crippen LogP contribution in [-0.2, 0) is 4.79 Å². The van der Waals surface area contributed by atoms with Gasteiger partial charge in [-0.15, -0.1) is 0 Å². The number of aromatic nitrogens is 2. The van der Waals surface area contributed by atoms with Crippen LogP contribution >= 0.6 is 0 Å². The predicted molar refractivity (Wildman–Crippen MR) is 110 cm³/mol. The number of carbonyl (C=O) groups is 1. The minimum absolute atomic E-state index is 0.298. The van der Waals surface area contributed by atoms with Crippen LogP contribution < -0.4 is 15.6 Å². The first-order valence-electron chi connectivity index (χ1n) is 9.19. The smallest absolute Gasteiger partial charge is 0.267 e. The molecule has 6 heteroatoms. The van der Waals surface area contributed by atoms with Gasteiger partial charge in [0.25, 0.3) is 5.56 Å². The number of nitrogens with one attached hydrogen (secondary N) is 1. The summed E-state index contributed by atoms with van der Waals surface area (Å²) in [6.45, 7) is 6.09. The fourth-order valence-corrected chi connectivity index (χ4v) is 2.81. The normalized spacial score (nSPS) is 11.7. The van der Waals surface area contributed by atoms with Crippen molar-refractivity contribution in [1.29, 1.82) is 0 Å². The van der Waals surface area contributed by atoms with Gasteiger partial charge in [0.2, 0.25) is 5.91 Å². The van der Waals surface area contributed by atoms with E-state index < -0.39 is 6.04 Å². The van der Waals surface area contributed by atoms with Gasteiger partial charge in [0.05, 0.1) is 12.3 Å². The first kappa shape index (κ1) is 19.4. The van der Waals surface area contributed by atoms with Crippen molar-refractivity contribution in [3.63, 3.8) is 0 Å². The van der Waals surface area contributed by atoms with E-state index in [1.807, 2.05) is 62.4 Å². The van der Waals surface area contributed by atoms with Crippen molar-refractivity contribution < 1.29 is 9.53 Å². The third kappa shape index (κ3) is 4.28. The molecule has 0 radical (unpaired) electrons. The highest BCUT2D eigenvalue weighted by Gasteiger charge is 2.18. The largest absolute Gasteiger partial charge is 0.494 e. The van der Waals surface area contributed by atoms with Crippen LogP contribution in [-0.4, -0.2) is 22.3 Å². The van der Waals surface area contributed by atoms with E-state index in [2.05, 4.69) is 10.4 Å². The van der Waals surface area contributed by atoms with Gasteiger partial charge in [0.1, 0.15) is 11.8 Å². The highest BCUT2D eigenvalue weighted by Crippen LogP contribution is 2.21. The predicted octanol–water partition coefficient (Wildman–Crippen LogP) is 3.82. The summed E-state index contributed by atoms with van der Waals surface area (Å²) in [4.78, 5) is 25.0. The van der Waals surface area contributed by atoms with Crippen LogP contribution in [0.15, 0.2) is 65.5 Å². The van der Waals surface area contributed by atoms with Crippen LogP contribution in [0.2, 0.25) is 0 Å². The van der Waals surface area contributed by atoms with E-state index in [1.165, 1.54) is 10.7 Å². The number of ether oxygens (including phenoxy) is 1. The fourth-order valence-electron chi connectivity index (χ4n) is 2.81. The fraction of sp³-hybridized carbons (Fsp3) is 0.227. The molecule has 1 atom stereocenters. The first-order valence-corrected chi connectivity index (χ1v) is 9.19. The molecular weight excluding hydrogens is 354 g/mol. The van der Waals surface area contributed by atoms with Crippen LogP contribution in [0.5, 0.6) is 5.75 Å². The number of anilines is 1. The van der Waals surface area contributed by atoms with Crippen molar-refractivity contribution in [2.24, 2.45) is 0 Å². The molecule has 1 unspecified atom stereocenters. The summed E-state index contributed by atoms with van der Waals surface area (Å²) < 4.78 is 6.65. The number of aryl methyl sites for hydroxylation is 1. The van der Waals surface area contributed by atoms with E-state index >= 15 is 0 Å². The molecule has 1 amide bonds. The van der Waals surface area contributed by atoms with Gasteiger partial charge in [-0.2, -0.15) is 5.10 Å². The summed E-state index contributed by atoms with van der Waals surface area (Å²) in [6, 6.07) is 17.3. The molecule has 3 rings (SSSR count). The van der Waals surface area contributed by atoms with Crippen LogP contribution in [0, 0.1) is 6.92 Å². The zero-order chi connectivity index (χ0) is 20.1. The van der Waals surface area contributed by atoms with Crippen molar-refractivity contribution in [2.75, 3.05) is 11.9 Å². The van der Waals surface area contributed by atoms with Gasteiger partial charge in [0.15, 0.2) is 0 Å². The van der Waals surface area contributed by atoms with Crippen molar-refractivity contribution in [1.82, 2.24) is 9.78 Å². The lowest BCUT2D eigenvalue weighted by molar-refractivity contribution is -0.119. The minimum atomic E-state index is -0.755. The van der Waals surface area contributed by atoms with Gasteiger partial charge in [-0.05, 0) is 62.7 Å². The molecule has 2 aromatic carbocycles. The molecule has 0 saturated heterocycles. The lowest BCUT2D eigenvalue weighted by atomic mass is 10.1. The van der Waals surface area contributed by atoms with E-state index in [9.17, 15) is 9.59 Å². The van der Waals surface area contributed by atoms with E-state index in [0.29, 0.717) is 12.3 Å². The average molecular weight is 377 g/mol. The summed E-state index contributed by atoms with van der Waals surface area (Å²) >= 11 is 0. The Morgan fingerprint density at radius 2 is 1.82 bits per heavy atom. The Balaban J connectivity index is 1.85. The van der Waals surface area contributed by atoms with Crippen molar-refractivity contribution in [3.8, 4) is 17.0 Å². The standard InChI is InChI=1S/C22H23N3O3/c1-4-28-18-11-9-17(10-12-18)20-13-14-21(26)25(24-20)16(3)22(27)23-19-8-6-5-7-15(19)2/h5-14,16H,4H2,1-3H3,(H,23,27). The average Bonchev–Trinajstić information content (AvgIpc) is 2.70. The molecule has 0 bridgehead atoms. The maximum atomic E-state index is 12.7. The summed E-state index contributed by atoms with van der Waals surface area (Å²) in [5.74, 6) is 0.471. The molecule has 0 saturated carbocycles. The highest BCUT2D eigenvalue weighted by molar-refractivity contribution is 5.94. The van der Waals surface area contributed by atoms with Crippen molar-refractivity contribution in [3.05, 3.63) is 76.6 Å². The number of hydrogen-bond donors (Lipinski definition) is 1. The van der Waals surface area contributed by atoms with E-state index in [4.69, 9.17) is 4.74 Å². The zero-order valence-electron chi connectivity index (χ0n) is 16.2. The van der Waals surface area contributed by atoms with Gasteiger partial charge >= 0.3 is 0 Å². The molecule has 0 fully saturated rings. The third-order valence-electron chi connectivity index (χ3n) is 4.44. The zero-order valence-corrected chi connectivity index (χ0v) is 16.2. The van der Waals surface area contributed by atoms with Gasteiger partial charge in [0, 0.05) is 17.3 Å². The van der Waals surface area contributed by atoms with E-state index in [-0.39, 0.29) is 11.5 Å². The Morgan fingerprint density at radius 1 is 1.11 bits per heavy atom. The van der Waals surface area contributed by atoms with Gasteiger partial charge in [-0.1, -0.05) is 18.2 Å². The van der Waals surface area contributed by atoms with E-state index in [0.717, 1.165) is 22.6 Å². The molecule has 6 nitrogen and oxygen atoms in total. The lowest BCUT2D eigenvalue weighted by Gasteiger charge is -2.16. The molecule has 1 N–H and O–H groups in total. The summed E-state index contributed by atoms with van der Waals surface area (Å²) in [5, 5.41) is 7.27. The topological polar surface area (TPSA) is 73.2 Å². The number of benzene rings is 2. The Hall–Kier alpha value is -3.41. The van der Waals surface area contributed by atoms with Crippen LogP contribution in [0.25, 0.3) is 11.3 Å². The monoisotopic (exact) mass is 377 g/mol. The maximum Gasteiger partial charge on any atom is 0.267 e. The van der Waals surface area contributed by atoms with Gasteiger partial charge in [-0.3, -0.25) is 9.59 Å². The Kier molecular flexibility index (Phi) is 5.89. The van der Waals surface area contributed by atoms with Crippen molar-refractivity contribution in [2.45, 2.75) is 26.8 Å². The second-order valence-corrected chi connectivity index (χ2v) is 6.44. The summed E-state index contributed by atoms with van der Waals surface area (Å²) in [5.41, 5.74) is 2.78. The molecule has 28 heavy (non-hydrogen) atoms. The quantitative estimate of drug-likeness (QED) is 0.709. The molecule has 0 spiro atoms. The van der Waals surface area contributed by atoms with Gasteiger partial charge < -0.3 is 10.1 Å². The van der Waals surface area contributed by atoms with Gasteiger partial charge in [-0.25, -0.2) is 4.68 Å². The molecule has 0 aliphatic carbocycles. The molecular formula is C22H23N3O3. The first-order chi connectivity index (χ1) is 13.5. The summed E-state index contributed by atoms with van der Waals surface area (Å²) in [7, 11) is 0. The highest BCUT2D eigenvalue weighted by atomic mass is 16.5. The number of nitrogens with zero attached hydrogens (tertiary/aromatic N) is 2. The lowest BCUT2D eigenvalue weighted by Crippen LogP contribution is -2.33. The number of hydrogen-bond acceptors (Lipinski definition) is 4. The van der Waals surface area contributed by atoms with Crippen LogP contribution in [0.3, 0.4) is 0 Å². The number of amides is 1. The number of carbonyl (C=O) groups excluding carboxylic acids is 1. The maximum absolute atomic E-state index is 12.7. The molecule has 144 valence electrons. The Morgan fingerprint density at radius 3 is 2.50 bits per heavy atom. The minimum Gasteiger partial charge on any atom is -0.494 e. The van der Waals surface area contributed by atoms with Crippen LogP contribution in [0.4, 0.5) is 5.69 Å². The third-order valence-corrected chi connectivity index (χ3v) is 4.44. The second kappa shape index (κ2) is 8.52. The molecule has 1 heterocycles. The number of para-hydroxylation sites is 1. The molecule has 0 aliphatic heterocycles. The molecule has 3 aromatic rings. The van der Waals surface area contributed by atoms with Crippen molar-refractivity contribution >= 4 is 11.6 Å². The Bertz CT molecular complexity index is 1030. The number of rotatable bonds is 6. The second-order valence-electron chi connectivity index (χ2n) is 6.44. The molecule has 1 aromatic heterocycles.